The molecule has 1 rings (SSSR count). The highest BCUT2D eigenvalue weighted by atomic mass is 15.2. The summed E-state index contributed by atoms with van der Waals surface area (Å²) in [5, 5.41) is 6.60. The second-order valence-electron chi connectivity index (χ2n) is 3.77. The molecule has 0 fully saturated rings. The zero-order valence-electron chi connectivity index (χ0n) is 8.54. The monoisotopic (exact) mass is 182 g/mol. The molecule has 0 unspecified atom stereocenters. The van der Waals surface area contributed by atoms with Crippen molar-refractivity contribution in [2.24, 2.45) is 5.92 Å². The molecular formula is C9H18N4. The van der Waals surface area contributed by atoms with E-state index < -0.39 is 0 Å². The molecule has 0 atom stereocenters. The summed E-state index contributed by atoms with van der Waals surface area (Å²) >= 11 is 0. The lowest BCUT2D eigenvalue weighted by Gasteiger charge is -2.18. The molecule has 1 aromatic heterocycles. The lowest BCUT2D eigenvalue weighted by atomic mass is 10.1. The Morgan fingerprint density at radius 3 is 2.77 bits per heavy atom. The average molecular weight is 182 g/mol. The summed E-state index contributed by atoms with van der Waals surface area (Å²) in [7, 11) is 2.03. The minimum atomic E-state index is 0.645. The quantitative estimate of drug-likeness (QED) is 0.741. The van der Waals surface area contributed by atoms with Crippen LogP contribution in [0.1, 0.15) is 20.3 Å². The molecule has 0 saturated heterocycles. The molecule has 0 aromatic carbocycles. The minimum absolute atomic E-state index is 0.645. The minimum Gasteiger partial charge on any atom is -0.382 e. The van der Waals surface area contributed by atoms with Gasteiger partial charge in [0.15, 0.2) is 0 Å². The Labute approximate surface area is 79.1 Å². The molecule has 4 heteroatoms. The first-order valence-corrected chi connectivity index (χ1v) is 4.61. The van der Waals surface area contributed by atoms with Gasteiger partial charge in [0.05, 0.1) is 11.9 Å². The number of hydrogen-bond donors (Lipinski definition) is 2. The van der Waals surface area contributed by atoms with Gasteiger partial charge in [-0.15, -0.1) is 0 Å². The molecule has 1 aromatic rings. The van der Waals surface area contributed by atoms with Crippen LogP contribution in [-0.4, -0.2) is 23.8 Å². The zero-order chi connectivity index (χ0) is 9.84. The summed E-state index contributed by atoms with van der Waals surface area (Å²) in [6, 6.07) is 0. The third-order valence-electron chi connectivity index (χ3n) is 2.10. The Bertz CT molecular complexity index is 254. The highest BCUT2D eigenvalue weighted by Gasteiger charge is 2.06. The summed E-state index contributed by atoms with van der Waals surface area (Å²) in [4.78, 5) is 2.12. The van der Waals surface area contributed by atoms with Crippen molar-refractivity contribution in [2.75, 3.05) is 24.2 Å². The molecule has 0 spiro atoms. The SMILES string of the molecule is CC(C)CCN(C)c1cn[nH]c1N. The van der Waals surface area contributed by atoms with E-state index in [0.717, 1.165) is 18.2 Å². The maximum Gasteiger partial charge on any atom is 0.142 e. The van der Waals surface area contributed by atoms with Crippen molar-refractivity contribution < 1.29 is 0 Å². The summed E-state index contributed by atoms with van der Waals surface area (Å²) in [6.45, 7) is 5.44. The Kier molecular flexibility index (Phi) is 3.17. The fourth-order valence-corrected chi connectivity index (χ4v) is 1.17. The van der Waals surface area contributed by atoms with E-state index in [1.165, 1.54) is 6.42 Å². The predicted octanol–water partition coefficient (Wildman–Crippen LogP) is 1.47. The molecule has 0 radical (unpaired) electrons. The van der Waals surface area contributed by atoms with Crippen LogP contribution < -0.4 is 10.6 Å². The predicted molar refractivity (Wildman–Crippen MR) is 55.7 cm³/mol. The van der Waals surface area contributed by atoms with E-state index in [1.807, 2.05) is 7.05 Å². The molecule has 0 aliphatic rings. The highest BCUT2D eigenvalue weighted by Crippen LogP contribution is 2.18. The van der Waals surface area contributed by atoms with Crippen LogP contribution in [0, 0.1) is 5.92 Å². The number of anilines is 2. The standard InChI is InChI=1S/C9H18N4/c1-7(2)4-5-13(3)8-6-11-12-9(8)10/h6-7H,4-5H2,1-3H3,(H3,10,11,12). The van der Waals surface area contributed by atoms with Crippen molar-refractivity contribution in [1.82, 2.24) is 10.2 Å². The molecule has 0 aliphatic heterocycles. The third-order valence-corrected chi connectivity index (χ3v) is 2.10. The first-order valence-electron chi connectivity index (χ1n) is 4.61. The van der Waals surface area contributed by atoms with Crippen molar-refractivity contribution >= 4 is 11.5 Å². The van der Waals surface area contributed by atoms with Crippen molar-refractivity contribution in [2.45, 2.75) is 20.3 Å². The zero-order valence-corrected chi connectivity index (χ0v) is 8.54. The Morgan fingerprint density at radius 1 is 1.62 bits per heavy atom. The average Bonchev–Trinajstić information content (AvgIpc) is 2.47. The van der Waals surface area contributed by atoms with Crippen LogP contribution in [0.15, 0.2) is 6.20 Å². The van der Waals surface area contributed by atoms with Gasteiger partial charge in [-0.25, -0.2) is 0 Å². The molecule has 0 aliphatic carbocycles. The van der Waals surface area contributed by atoms with E-state index in [2.05, 4.69) is 28.9 Å². The number of aromatic nitrogens is 2. The largest absolute Gasteiger partial charge is 0.382 e. The Morgan fingerprint density at radius 2 is 2.31 bits per heavy atom. The molecular weight excluding hydrogens is 164 g/mol. The molecule has 0 amide bonds. The van der Waals surface area contributed by atoms with Gasteiger partial charge in [-0.2, -0.15) is 5.10 Å². The highest BCUT2D eigenvalue weighted by molar-refractivity contribution is 5.61. The Balaban J connectivity index is 2.49. The topological polar surface area (TPSA) is 57.9 Å². The van der Waals surface area contributed by atoms with Gasteiger partial charge in [0, 0.05) is 13.6 Å². The number of nitrogens with two attached hydrogens (primary N) is 1. The second-order valence-corrected chi connectivity index (χ2v) is 3.77. The van der Waals surface area contributed by atoms with Crippen LogP contribution >= 0.6 is 0 Å². The number of nitrogen functional groups attached to an aromatic ring is 1. The normalized spacial score (nSPS) is 10.8. The number of aromatic amines is 1. The smallest absolute Gasteiger partial charge is 0.142 e. The van der Waals surface area contributed by atoms with Crippen molar-refractivity contribution in [3.8, 4) is 0 Å². The first kappa shape index (κ1) is 9.89. The molecule has 0 saturated carbocycles. The second kappa shape index (κ2) is 4.16. The Hall–Kier alpha value is -1.19. The van der Waals surface area contributed by atoms with E-state index in [1.54, 1.807) is 6.20 Å². The number of rotatable bonds is 4. The van der Waals surface area contributed by atoms with E-state index in [0.29, 0.717) is 5.82 Å². The van der Waals surface area contributed by atoms with Gasteiger partial charge in [0.2, 0.25) is 0 Å². The fraction of sp³-hybridized carbons (Fsp3) is 0.667. The van der Waals surface area contributed by atoms with E-state index in [9.17, 15) is 0 Å². The number of nitrogens with zero attached hydrogens (tertiary/aromatic N) is 2. The molecule has 3 N–H and O–H groups in total. The molecule has 13 heavy (non-hydrogen) atoms. The third kappa shape index (κ3) is 2.65. The van der Waals surface area contributed by atoms with E-state index in [-0.39, 0.29) is 0 Å². The van der Waals surface area contributed by atoms with Gasteiger partial charge in [-0.3, -0.25) is 5.10 Å². The van der Waals surface area contributed by atoms with Gasteiger partial charge in [-0.1, -0.05) is 13.8 Å². The fourth-order valence-electron chi connectivity index (χ4n) is 1.17. The van der Waals surface area contributed by atoms with Crippen LogP contribution in [0.2, 0.25) is 0 Å². The summed E-state index contributed by atoms with van der Waals surface area (Å²) in [5.74, 6) is 1.36. The molecule has 74 valence electrons. The summed E-state index contributed by atoms with van der Waals surface area (Å²) in [5.41, 5.74) is 6.67. The van der Waals surface area contributed by atoms with Crippen LogP contribution in [0.5, 0.6) is 0 Å². The lowest BCUT2D eigenvalue weighted by molar-refractivity contribution is 0.585. The van der Waals surface area contributed by atoms with Gasteiger partial charge in [-0.05, 0) is 12.3 Å². The van der Waals surface area contributed by atoms with E-state index in [4.69, 9.17) is 5.73 Å². The van der Waals surface area contributed by atoms with Crippen molar-refractivity contribution in [1.29, 1.82) is 0 Å². The van der Waals surface area contributed by atoms with Gasteiger partial charge in [0.25, 0.3) is 0 Å². The van der Waals surface area contributed by atoms with Crippen LogP contribution in [-0.2, 0) is 0 Å². The summed E-state index contributed by atoms with van der Waals surface area (Å²) in [6.07, 6.45) is 2.93. The number of H-pyrrole nitrogens is 1. The molecule has 4 nitrogen and oxygen atoms in total. The van der Waals surface area contributed by atoms with Gasteiger partial charge >= 0.3 is 0 Å². The van der Waals surface area contributed by atoms with E-state index >= 15 is 0 Å². The van der Waals surface area contributed by atoms with Gasteiger partial charge in [0.1, 0.15) is 5.82 Å². The number of nitrogens with one attached hydrogen (secondary N) is 1. The number of hydrogen-bond acceptors (Lipinski definition) is 3. The van der Waals surface area contributed by atoms with Gasteiger partial charge < -0.3 is 10.6 Å². The molecule has 1 heterocycles. The van der Waals surface area contributed by atoms with Crippen molar-refractivity contribution in [3.63, 3.8) is 0 Å². The first-order chi connectivity index (χ1) is 6.11. The summed E-state index contributed by atoms with van der Waals surface area (Å²) < 4.78 is 0. The maximum atomic E-state index is 5.69. The van der Waals surface area contributed by atoms with Crippen LogP contribution in [0.25, 0.3) is 0 Å². The molecule has 0 bridgehead atoms. The van der Waals surface area contributed by atoms with Crippen LogP contribution in [0.4, 0.5) is 11.5 Å². The lowest BCUT2D eigenvalue weighted by Crippen LogP contribution is -2.20. The maximum absolute atomic E-state index is 5.69. The van der Waals surface area contributed by atoms with Crippen LogP contribution in [0.3, 0.4) is 0 Å². The van der Waals surface area contributed by atoms with Crippen molar-refractivity contribution in [3.05, 3.63) is 6.20 Å².